The van der Waals surface area contributed by atoms with Gasteiger partial charge in [0.25, 0.3) is 0 Å². The topological polar surface area (TPSA) is 95.4 Å². The molecule has 0 aliphatic carbocycles. The quantitative estimate of drug-likeness (QED) is 0.328. The van der Waals surface area contributed by atoms with Crippen molar-refractivity contribution < 1.29 is 27.9 Å². The Labute approximate surface area is 215 Å². The van der Waals surface area contributed by atoms with Crippen molar-refractivity contribution >= 4 is 34.7 Å². The first-order valence-electron chi connectivity index (χ1n) is 10.9. The molecule has 0 spiro atoms. The number of anilines is 2. The van der Waals surface area contributed by atoms with E-state index >= 15 is 0 Å². The second kappa shape index (κ2) is 12.6. The zero-order valence-electron chi connectivity index (χ0n) is 19.6. The van der Waals surface area contributed by atoms with E-state index in [0.29, 0.717) is 6.42 Å². The lowest BCUT2D eigenvalue weighted by Crippen LogP contribution is -2.43. The van der Waals surface area contributed by atoms with E-state index in [4.69, 9.17) is 9.90 Å². The highest BCUT2D eigenvalue weighted by Crippen LogP contribution is 2.23. The largest absolute Gasteiger partial charge is 0.490 e. The number of halogens is 3. The summed E-state index contributed by atoms with van der Waals surface area (Å²) in [4.78, 5) is 32.6. The zero-order valence-corrected chi connectivity index (χ0v) is 20.4. The summed E-state index contributed by atoms with van der Waals surface area (Å²) in [6, 6.07) is 21.4. The average molecular weight is 529 g/mol. The molecule has 1 amide bonds. The van der Waals surface area contributed by atoms with Crippen molar-refractivity contribution in [1.29, 1.82) is 0 Å². The Bertz CT molecular complexity index is 1290. The van der Waals surface area contributed by atoms with Gasteiger partial charge >= 0.3 is 12.1 Å². The molecule has 4 rings (SSSR count). The molecule has 1 atom stereocenters. The fraction of sp³-hybridized carbons (Fsp3) is 0.154. The summed E-state index contributed by atoms with van der Waals surface area (Å²) in [6.45, 7) is 0. The minimum absolute atomic E-state index is 0.0683. The second-order valence-corrected chi connectivity index (χ2v) is 8.49. The summed E-state index contributed by atoms with van der Waals surface area (Å²) in [5.41, 5.74) is 5.73. The van der Waals surface area contributed by atoms with Crippen LogP contribution in [0.5, 0.6) is 0 Å². The predicted octanol–water partition coefficient (Wildman–Crippen LogP) is 5.52. The van der Waals surface area contributed by atoms with Crippen LogP contribution in [0.15, 0.2) is 90.0 Å². The fourth-order valence-corrected chi connectivity index (χ4v) is 3.91. The Morgan fingerprint density at radius 1 is 1.03 bits per heavy atom. The van der Waals surface area contributed by atoms with Gasteiger partial charge in [0.15, 0.2) is 0 Å². The number of thiazole rings is 1. The van der Waals surface area contributed by atoms with Crippen LogP contribution in [0.25, 0.3) is 11.1 Å². The summed E-state index contributed by atoms with van der Waals surface area (Å²) in [5, 5.41) is 12.2. The Morgan fingerprint density at radius 3 is 2.30 bits per heavy atom. The maximum absolute atomic E-state index is 13.3. The Hall–Kier alpha value is -4.25. The highest BCUT2D eigenvalue weighted by Gasteiger charge is 2.38. The molecular formula is C26H23F3N4O3S. The molecule has 0 aliphatic rings. The molecule has 4 aromatic rings. The van der Waals surface area contributed by atoms with Crippen LogP contribution in [-0.4, -0.2) is 46.2 Å². The predicted molar refractivity (Wildman–Crippen MR) is 136 cm³/mol. The number of amides is 1. The molecule has 37 heavy (non-hydrogen) atoms. The lowest BCUT2D eigenvalue weighted by Gasteiger charge is -2.27. The van der Waals surface area contributed by atoms with Crippen LogP contribution in [0.4, 0.5) is 24.7 Å². The van der Waals surface area contributed by atoms with Gasteiger partial charge in [-0.2, -0.15) is 13.2 Å². The molecule has 0 radical (unpaired) electrons. The van der Waals surface area contributed by atoms with Crippen molar-refractivity contribution in [3.05, 3.63) is 95.6 Å². The van der Waals surface area contributed by atoms with Gasteiger partial charge in [-0.3, -0.25) is 9.78 Å². The van der Waals surface area contributed by atoms with Crippen molar-refractivity contribution in [3.8, 4) is 11.1 Å². The molecule has 2 aromatic carbocycles. The Kier molecular flexibility index (Phi) is 9.33. The van der Waals surface area contributed by atoms with E-state index < -0.39 is 12.1 Å². The van der Waals surface area contributed by atoms with E-state index in [1.54, 1.807) is 17.9 Å². The smallest absolute Gasteiger partial charge is 0.475 e. The molecule has 0 aliphatic heterocycles. The van der Waals surface area contributed by atoms with Crippen LogP contribution >= 0.6 is 11.3 Å². The van der Waals surface area contributed by atoms with Crippen LogP contribution in [-0.2, 0) is 16.0 Å². The standard InChI is InChI=1S/C24H22N4OS.C2HF3O2/c1-28(23-16-30-17-26-23)22(14-18-6-3-2-4-7-18)24(29)27-21-9-5-8-20(15-21)19-10-12-25-13-11-19;3-2(4,5)1(6)7/h2-13,15-17,22H,14H2,1H3,(H,27,29);(H,6,7)/t22-;/m1./s1. The number of alkyl halides is 3. The number of pyridine rings is 1. The van der Waals surface area contributed by atoms with Crippen molar-refractivity contribution in [2.75, 3.05) is 17.3 Å². The first-order chi connectivity index (χ1) is 17.6. The van der Waals surface area contributed by atoms with E-state index in [1.807, 2.05) is 84.1 Å². The molecule has 2 heterocycles. The molecule has 11 heteroatoms. The minimum Gasteiger partial charge on any atom is -0.475 e. The number of likely N-dealkylation sites (N-methyl/N-ethyl adjacent to an activating group) is 1. The maximum atomic E-state index is 13.3. The van der Waals surface area contributed by atoms with Crippen LogP contribution < -0.4 is 10.2 Å². The number of carboxylic acid groups (broad SMARTS) is 1. The zero-order chi connectivity index (χ0) is 26.8. The lowest BCUT2D eigenvalue weighted by atomic mass is 10.0. The van der Waals surface area contributed by atoms with Crippen LogP contribution in [0.3, 0.4) is 0 Å². The van der Waals surface area contributed by atoms with Crippen molar-refractivity contribution in [3.63, 3.8) is 0 Å². The van der Waals surface area contributed by atoms with Gasteiger partial charge in [-0.1, -0.05) is 42.5 Å². The molecule has 2 aromatic heterocycles. The fourth-order valence-electron chi connectivity index (χ4n) is 3.33. The van der Waals surface area contributed by atoms with Crippen molar-refractivity contribution in [2.45, 2.75) is 18.6 Å². The summed E-state index contributed by atoms with van der Waals surface area (Å²) in [6.07, 6.45) is -0.969. The van der Waals surface area contributed by atoms with Crippen LogP contribution in [0.2, 0.25) is 0 Å². The first-order valence-corrected chi connectivity index (χ1v) is 11.9. The summed E-state index contributed by atoms with van der Waals surface area (Å²) in [7, 11) is 1.91. The molecule has 0 bridgehead atoms. The average Bonchev–Trinajstić information content (AvgIpc) is 3.43. The van der Waals surface area contributed by atoms with Gasteiger partial charge in [0.2, 0.25) is 5.91 Å². The number of aromatic nitrogens is 2. The molecule has 192 valence electrons. The molecule has 0 saturated heterocycles. The number of rotatable bonds is 7. The molecule has 0 unspecified atom stereocenters. The number of benzene rings is 2. The number of carbonyl (C=O) groups excluding carboxylic acids is 1. The number of nitrogens with zero attached hydrogens (tertiary/aromatic N) is 3. The number of aliphatic carboxylic acids is 1. The monoisotopic (exact) mass is 528 g/mol. The highest BCUT2D eigenvalue weighted by molar-refractivity contribution is 7.07. The van der Waals surface area contributed by atoms with Gasteiger partial charge in [-0.25, -0.2) is 9.78 Å². The van der Waals surface area contributed by atoms with E-state index in [0.717, 1.165) is 28.2 Å². The summed E-state index contributed by atoms with van der Waals surface area (Å²) >= 11 is 1.52. The molecule has 0 fully saturated rings. The number of hydrogen-bond donors (Lipinski definition) is 2. The van der Waals surface area contributed by atoms with E-state index in [-0.39, 0.29) is 11.9 Å². The molecular weight excluding hydrogens is 505 g/mol. The normalized spacial score (nSPS) is 11.6. The van der Waals surface area contributed by atoms with Gasteiger partial charge in [-0.05, 0) is 41.0 Å². The Balaban J connectivity index is 0.000000479. The van der Waals surface area contributed by atoms with E-state index in [9.17, 15) is 18.0 Å². The Morgan fingerprint density at radius 2 is 1.70 bits per heavy atom. The van der Waals surface area contributed by atoms with Crippen LogP contribution in [0.1, 0.15) is 5.56 Å². The highest BCUT2D eigenvalue weighted by atomic mass is 32.1. The number of hydrogen-bond acceptors (Lipinski definition) is 6. The molecule has 7 nitrogen and oxygen atoms in total. The third-order valence-electron chi connectivity index (χ3n) is 5.21. The molecule has 0 saturated carbocycles. The van der Waals surface area contributed by atoms with Crippen molar-refractivity contribution in [1.82, 2.24) is 9.97 Å². The summed E-state index contributed by atoms with van der Waals surface area (Å²) in [5.74, 6) is -2.03. The SMILES string of the molecule is CN(c1cscn1)[C@H](Cc1ccccc1)C(=O)Nc1cccc(-c2ccncc2)c1.O=C(O)C(F)(F)F. The van der Waals surface area contributed by atoms with Gasteiger partial charge in [0.05, 0.1) is 5.51 Å². The van der Waals surface area contributed by atoms with E-state index in [2.05, 4.69) is 15.3 Å². The number of carbonyl (C=O) groups is 2. The van der Waals surface area contributed by atoms with Crippen molar-refractivity contribution in [2.24, 2.45) is 0 Å². The summed E-state index contributed by atoms with van der Waals surface area (Å²) < 4.78 is 31.7. The second-order valence-electron chi connectivity index (χ2n) is 7.77. The molecule has 2 N–H and O–H groups in total. The van der Waals surface area contributed by atoms with Crippen LogP contribution in [0, 0.1) is 0 Å². The lowest BCUT2D eigenvalue weighted by molar-refractivity contribution is -0.192. The van der Waals surface area contributed by atoms with Gasteiger partial charge in [0, 0.05) is 36.9 Å². The number of nitrogens with one attached hydrogen (secondary N) is 1. The third-order valence-corrected chi connectivity index (χ3v) is 5.78. The third kappa shape index (κ3) is 8.14. The first kappa shape index (κ1) is 27.3. The van der Waals surface area contributed by atoms with Gasteiger partial charge in [0.1, 0.15) is 11.9 Å². The van der Waals surface area contributed by atoms with Gasteiger partial charge in [-0.15, -0.1) is 11.3 Å². The number of carboxylic acids is 1. The maximum Gasteiger partial charge on any atom is 0.490 e. The minimum atomic E-state index is -5.08. The van der Waals surface area contributed by atoms with E-state index in [1.165, 1.54) is 11.3 Å². The van der Waals surface area contributed by atoms with Gasteiger partial charge < -0.3 is 15.3 Å².